The molecule has 0 amide bonds. The maximum atomic E-state index is 4.51. The summed E-state index contributed by atoms with van der Waals surface area (Å²) in [6.07, 6.45) is 8.15. The summed E-state index contributed by atoms with van der Waals surface area (Å²) < 4.78 is 0. The molecule has 136 valence electrons. The van der Waals surface area contributed by atoms with E-state index in [2.05, 4.69) is 82.8 Å². The topological polar surface area (TPSA) is 25.8 Å². The summed E-state index contributed by atoms with van der Waals surface area (Å²) in [5.41, 5.74) is 8.97. The van der Waals surface area contributed by atoms with E-state index in [4.69, 9.17) is 0 Å². The Morgan fingerprint density at radius 1 is 0.571 bits per heavy atom. The summed E-state index contributed by atoms with van der Waals surface area (Å²) in [4.78, 5) is 9.01. The molecule has 0 spiro atoms. The predicted octanol–water partition coefficient (Wildman–Crippen LogP) is 6.60. The molecule has 4 rings (SSSR count). The maximum absolute atomic E-state index is 4.51. The molecule has 0 N–H and O–H groups in total. The molecule has 28 heavy (non-hydrogen) atoms. The van der Waals surface area contributed by atoms with Gasteiger partial charge in [-0.3, -0.25) is 9.97 Å². The van der Waals surface area contributed by atoms with Crippen molar-refractivity contribution >= 4 is 12.2 Å². The van der Waals surface area contributed by atoms with Gasteiger partial charge in [-0.05, 0) is 48.2 Å². The highest BCUT2D eigenvalue weighted by molar-refractivity contribution is 5.84. The van der Waals surface area contributed by atoms with Crippen molar-refractivity contribution in [1.82, 2.24) is 9.97 Å². The van der Waals surface area contributed by atoms with E-state index in [0.29, 0.717) is 0 Å². The molecule has 0 unspecified atom stereocenters. The molecule has 0 saturated carbocycles. The quantitative estimate of drug-likeness (QED) is 0.409. The summed E-state index contributed by atoms with van der Waals surface area (Å²) >= 11 is 0. The van der Waals surface area contributed by atoms with Gasteiger partial charge < -0.3 is 0 Å². The lowest BCUT2D eigenvalue weighted by Gasteiger charge is -2.09. The van der Waals surface area contributed by atoms with Gasteiger partial charge in [-0.25, -0.2) is 0 Å². The fraction of sp³-hybridized carbons (Fsp3) is 0.0769. The third kappa shape index (κ3) is 3.91. The summed E-state index contributed by atoms with van der Waals surface area (Å²) in [7, 11) is 0. The number of hydrogen-bond acceptors (Lipinski definition) is 2. The second kappa shape index (κ2) is 8.01. The van der Waals surface area contributed by atoms with Crippen LogP contribution in [-0.2, 0) is 0 Å². The molecule has 0 radical (unpaired) electrons. The van der Waals surface area contributed by atoms with E-state index in [0.717, 1.165) is 22.5 Å². The van der Waals surface area contributed by atoms with Crippen LogP contribution >= 0.6 is 0 Å². The Balaban J connectivity index is 1.78. The minimum Gasteiger partial charge on any atom is -0.261 e. The van der Waals surface area contributed by atoms with E-state index in [-0.39, 0.29) is 0 Å². The van der Waals surface area contributed by atoms with Crippen LogP contribution in [0.2, 0.25) is 0 Å². The van der Waals surface area contributed by atoms with E-state index < -0.39 is 0 Å². The van der Waals surface area contributed by atoms with Gasteiger partial charge >= 0.3 is 0 Å². The highest BCUT2D eigenvalue weighted by atomic mass is 14.7. The molecule has 0 fully saturated rings. The van der Waals surface area contributed by atoms with Crippen LogP contribution in [0.4, 0.5) is 0 Å². The van der Waals surface area contributed by atoms with Crippen molar-refractivity contribution < 1.29 is 0 Å². The zero-order chi connectivity index (χ0) is 19.3. The molecule has 4 aromatic rings. The van der Waals surface area contributed by atoms with Gasteiger partial charge in [0.05, 0.1) is 0 Å². The van der Waals surface area contributed by atoms with Crippen LogP contribution in [0.5, 0.6) is 0 Å². The molecule has 0 aliphatic carbocycles. The average molecular weight is 362 g/mol. The van der Waals surface area contributed by atoms with Gasteiger partial charge in [0.1, 0.15) is 0 Å². The van der Waals surface area contributed by atoms with Crippen LogP contribution in [0, 0.1) is 13.8 Å². The van der Waals surface area contributed by atoms with Crippen molar-refractivity contribution in [3.63, 3.8) is 0 Å². The number of aromatic nitrogens is 2. The van der Waals surface area contributed by atoms with E-state index in [1.165, 1.54) is 22.3 Å². The number of nitrogens with zero attached hydrogens (tertiary/aromatic N) is 2. The molecule has 0 atom stereocenters. The Morgan fingerprint density at radius 3 is 1.36 bits per heavy atom. The molecule has 0 bridgehead atoms. The molecule has 0 aliphatic heterocycles. The molecule has 2 heterocycles. The summed E-state index contributed by atoms with van der Waals surface area (Å²) in [5, 5.41) is 0. The Hall–Kier alpha value is -3.52. The van der Waals surface area contributed by atoms with E-state index in [9.17, 15) is 0 Å². The second-order valence-electron chi connectivity index (χ2n) is 6.89. The Kier molecular flexibility index (Phi) is 5.11. The van der Waals surface area contributed by atoms with Crippen molar-refractivity contribution in [2.45, 2.75) is 13.8 Å². The first kappa shape index (κ1) is 17.9. The highest BCUT2D eigenvalue weighted by Gasteiger charge is 2.07. The third-order valence-corrected chi connectivity index (χ3v) is 4.76. The lowest BCUT2D eigenvalue weighted by molar-refractivity contribution is 1.19. The van der Waals surface area contributed by atoms with Gasteiger partial charge in [0.2, 0.25) is 0 Å². The number of pyridine rings is 2. The van der Waals surface area contributed by atoms with E-state index in [1.54, 1.807) is 0 Å². The first-order valence-electron chi connectivity index (χ1n) is 9.43. The zero-order valence-corrected chi connectivity index (χ0v) is 16.1. The minimum absolute atomic E-state index is 1.01. The van der Waals surface area contributed by atoms with Crippen molar-refractivity contribution in [1.29, 1.82) is 0 Å². The van der Waals surface area contributed by atoms with Crippen molar-refractivity contribution in [2.24, 2.45) is 0 Å². The molecule has 2 aromatic carbocycles. The van der Waals surface area contributed by atoms with Crippen LogP contribution in [0.3, 0.4) is 0 Å². The lowest BCUT2D eigenvalue weighted by Crippen LogP contribution is -1.90. The number of aryl methyl sites for hydroxylation is 2. The van der Waals surface area contributed by atoms with Crippen molar-refractivity contribution in [3.8, 4) is 22.3 Å². The standard InChI is InChI=1S/C26H22N2/c1-19-15-25(21-9-5-3-6-10-21)23(17-27-19)13-14-24-18-28-20(2)16-26(24)22-11-7-4-8-12-22/h3-18H,1-2H3/b14-13-. The Labute approximate surface area is 166 Å². The molecule has 0 saturated heterocycles. The SMILES string of the molecule is Cc1cc(-c2ccccc2)c(/C=C\c2cnc(C)cc2-c2ccccc2)cn1. The summed E-state index contributed by atoms with van der Waals surface area (Å²) in [6.45, 7) is 4.05. The highest BCUT2D eigenvalue weighted by Crippen LogP contribution is 2.28. The van der Waals surface area contributed by atoms with E-state index >= 15 is 0 Å². The van der Waals surface area contributed by atoms with Gasteiger partial charge in [0.15, 0.2) is 0 Å². The molecular formula is C26H22N2. The largest absolute Gasteiger partial charge is 0.261 e. The predicted molar refractivity (Wildman–Crippen MR) is 118 cm³/mol. The zero-order valence-electron chi connectivity index (χ0n) is 16.1. The lowest BCUT2D eigenvalue weighted by atomic mass is 9.97. The Morgan fingerprint density at radius 2 is 0.964 bits per heavy atom. The first-order valence-corrected chi connectivity index (χ1v) is 9.43. The molecule has 2 heteroatoms. The van der Waals surface area contributed by atoms with Crippen LogP contribution < -0.4 is 0 Å². The van der Waals surface area contributed by atoms with Crippen LogP contribution in [0.15, 0.2) is 85.2 Å². The van der Waals surface area contributed by atoms with Crippen LogP contribution in [0.25, 0.3) is 34.4 Å². The van der Waals surface area contributed by atoms with Gasteiger partial charge in [0, 0.05) is 34.9 Å². The van der Waals surface area contributed by atoms with Gasteiger partial charge in [-0.1, -0.05) is 72.8 Å². The molecular weight excluding hydrogens is 340 g/mol. The first-order chi connectivity index (χ1) is 13.7. The van der Waals surface area contributed by atoms with Crippen molar-refractivity contribution in [2.75, 3.05) is 0 Å². The molecule has 0 aliphatic rings. The maximum Gasteiger partial charge on any atom is 0.0379 e. The Bertz CT molecular complexity index is 1020. The van der Waals surface area contributed by atoms with Gasteiger partial charge in [0.25, 0.3) is 0 Å². The molecule has 2 aromatic heterocycles. The third-order valence-electron chi connectivity index (χ3n) is 4.76. The average Bonchev–Trinajstić information content (AvgIpc) is 2.75. The van der Waals surface area contributed by atoms with E-state index in [1.807, 2.05) is 38.4 Å². The fourth-order valence-corrected chi connectivity index (χ4v) is 3.32. The number of hydrogen-bond donors (Lipinski definition) is 0. The smallest absolute Gasteiger partial charge is 0.0379 e. The number of rotatable bonds is 4. The van der Waals surface area contributed by atoms with Crippen molar-refractivity contribution in [3.05, 3.63) is 108 Å². The molecule has 2 nitrogen and oxygen atoms in total. The minimum atomic E-state index is 1.01. The summed E-state index contributed by atoms with van der Waals surface area (Å²) in [6, 6.07) is 25.2. The number of benzene rings is 2. The monoisotopic (exact) mass is 362 g/mol. The normalized spacial score (nSPS) is 11.1. The van der Waals surface area contributed by atoms with Crippen LogP contribution in [0.1, 0.15) is 22.5 Å². The fourth-order valence-electron chi connectivity index (χ4n) is 3.32. The van der Waals surface area contributed by atoms with Crippen LogP contribution in [-0.4, -0.2) is 9.97 Å². The second-order valence-corrected chi connectivity index (χ2v) is 6.89. The van der Waals surface area contributed by atoms with Gasteiger partial charge in [-0.2, -0.15) is 0 Å². The van der Waals surface area contributed by atoms with Gasteiger partial charge in [-0.15, -0.1) is 0 Å². The summed E-state index contributed by atoms with van der Waals surface area (Å²) in [5.74, 6) is 0.